The standard InChI is InChI=1S/C31H28Br2N6O2S2/c32-24-10-14-26(15-11-24)36-30(42)38-34-20-22-6-1-3-8-28(22)40-18-5-19-41-29-9-4-2-7-23(29)21-35-39-31(43)37-27-16-12-25(33)13-17-27/h1-4,6-17,20-21H,5,18-19H2,(H2,36,38,42)(H2,37,39,43). The Hall–Kier alpha value is -3.84. The van der Waals surface area contributed by atoms with Crippen molar-refractivity contribution in [3.63, 3.8) is 0 Å². The minimum absolute atomic E-state index is 0.385. The van der Waals surface area contributed by atoms with Crippen LogP contribution in [0.25, 0.3) is 0 Å². The summed E-state index contributed by atoms with van der Waals surface area (Å²) in [6.45, 7) is 0.936. The van der Waals surface area contributed by atoms with Crippen LogP contribution in [0.1, 0.15) is 17.5 Å². The molecule has 12 heteroatoms. The van der Waals surface area contributed by atoms with E-state index in [-0.39, 0.29) is 0 Å². The monoisotopic (exact) mass is 738 g/mol. The first kappa shape index (κ1) is 32.1. The third-order valence-electron chi connectivity index (χ3n) is 5.59. The van der Waals surface area contributed by atoms with E-state index in [0.717, 1.165) is 31.4 Å². The van der Waals surface area contributed by atoms with Gasteiger partial charge in [-0.2, -0.15) is 10.2 Å². The van der Waals surface area contributed by atoms with Crippen molar-refractivity contribution in [2.24, 2.45) is 10.2 Å². The normalized spacial score (nSPS) is 10.8. The molecule has 0 heterocycles. The lowest BCUT2D eigenvalue weighted by Gasteiger charge is -2.11. The molecule has 0 radical (unpaired) electrons. The molecule has 0 unspecified atom stereocenters. The Morgan fingerprint density at radius 3 is 1.42 bits per heavy atom. The molecule has 0 amide bonds. The fourth-order valence-corrected chi connectivity index (χ4v) is 4.44. The highest BCUT2D eigenvalue weighted by Gasteiger charge is 2.04. The van der Waals surface area contributed by atoms with E-state index in [0.29, 0.717) is 41.4 Å². The van der Waals surface area contributed by atoms with Gasteiger partial charge in [0, 0.05) is 37.9 Å². The van der Waals surface area contributed by atoms with E-state index in [4.69, 9.17) is 33.9 Å². The molecule has 4 aromatic rings. The molecule has 0 aromatic heterocycles. The number of hydrazone groups is 2. The van der Waals surface area contributed by atoms with Gasteiger partial charge in [-0.1, -0.05) is 56.1 Å². The van der Waals surface area contributed by atoms with Crippen LogP contribution in [0, 0.1) is 0 Å². The molecule has 0 atom stereocenters. The Balaban J connectivity index is 1.20. The first-order valence-electron chi connectivity index (χ1n) is 13.1. The number of nitrogens with one attached hydrogen (secondary N) is 4. The Bertz CT molecular complexity index is 1450. The molecule has 0 aliphatic rings. The molecule has 4 aromatic carbocycles. The van der Waals surface area contributed by atoms with Crippen LogP contribution >= 0.6 is 56.3 Å². The van der Waals surface area contributed by atoms with Crippen LogP contribution < -0.4 is 31.0 Å². The second kappa shape index (κ2) is 17.3. The van der Waals surface area contributed by atoms with E-state index >= 15 is 0 Å². The molecule has 0 saturated carbocycles. The van der Waals surface area contributed by atoms with Gasteiger partial charge < -0.3 is 20.1 Å². The van der Waals surface area contributed by atoms with Crippen LogP contribution in [0.15, 0.2) is 116 Å². The summed E-state index contributed by atoms with van der Waals surface area (Å²) in [5, 5.41) is 15.4. The fourth-order valence-electron chi connectivity index (χ4n) is 3.57. The van der Waals surface area contributed by atoms with Gasteiger partial charge in [-0.05, 0) is 97.2 Å². The summed E-state index contributed by atoms with van der Waals surface area (Å²) >= 11 is 17.5. The number of halogens is 2. The highest BCUT2D eigenvalue weighted by molar-refractivity contribution is 9.10. The van der Waals surface area contributed by atoms with Crippen LogP contribution in [0.4, 0.5) is 11.4 Å². The molecule has 0 fully saturated rings. The Labute approximate surface area is 278 Å². The number of hydrogen-bond donors (Lipinski definition) is 4. The van der Waals surface area contributed by atoms with Gasteiger partial charge in [0.1, 0.15) is 11.5 Å². The Morgan fingerprint density at radius 2 is 1.00 bits per heavy atom. The van der Waals surface area contributed by atoms with Gasteiger partial charge in [0.05, 0.1) is 25.6 Å². The Kier molecular flexibility index (Phi) is 12.9. The molecule has 4 N–H and O–H groups in total. The van der Waals surface area contributed by atoms with E-state index in [9.17, 15) is 0 Å². The lowest BCUT2D eigenvalue weighted by Crippen LogP contribution is -2.23. The van der Waals surface area contributed by atoms with E-state index < -0.39 is 0 Å². The van der Waals surface area contributed by atoms with Gasteiger partial charge in [-0.25, -0.2) is 0 Å². The summed E-state index contributed by atoms with van der Waals surface area (Å²) in [7, 11) is 0. The van der Waals surface area contributed by atoms with Crippen LogP contribution in [0.3, 0.4) is 0 Å². The van der Waals surface area contributed by atoms with Crippen LogP contribution in [0.2, 0.25) is 0 Å². The molecular formula is C31H28Br2N6O2S2. The van der Waals surface area contributed by atoms with Crippen molar-refractivity contribution >= 4 is 90.3 Å². The quantitative estimate of drug-likeness (QED) is 0.0509. The van der Waals surface area contributed by atoms with Crippen molar-refractivity contribution in [2.45, 2.75) is 6.42 Å². The van der Waals surface area contributed by atoms with Crippen molar-refractivity contribution in [1.29, 1.82) is 0 Å². The van der Waals surface area contributed by atoms with Gasteiger partial charge in [0.15, 0.2) is 10.2 Å². The zero-order valence-electron chi connectivity index (χ0n) is 22.8. The maximum absolute atomic E-state index is 6.00. The summed E-state index contributed by atoms with van der Waals surface area (Å²) in [5.74, 6) is 1.43. The number of rotatable bonds is 12. The largest absolute Gasteiger partial charge is 0.493 e. The van der Waals surface area contributed by atoms with E-state index in [2.05, 4.69) is 63.5 Å². The number of benzene rings is 4. The minimum Gasteiger partial charge on any atom is -0.493 e. The van der Waals surface area contributed by atoms with Crippen LogP contribution in [0.5, 0.6) is 11.5 Å². The maximum Gasteiger partial charge on any atom is 0.191 e. The van der Waals surface area contributed by atoms with Gasteiger partial charge >= 0.3 is 0 Å². The van der Waals surface area contributed by atoms with E-state index in [1.54, 1.807) is 12.4 Å². The highest BCUT2D eigenvalue weighted by atomic mass is 79.9. The molecule has 0 saturated heterocycles. The second-order valence-electron chi connectivity index (χ2n) is 8.79. The molecule has 8 nitrogen and oxygen atoms in total. The molecule has 43 heavy (non-hydrogen) atoms. The molecular weight excluding hydrogens is 712 g/mol. The topological polar surface area (TPSA) is 91.3 Å². The molecule has 0 bridgehead atoms. The molecule has 0 aliphatic carbocycles. The summed E-state index contributed by atoms with van der Waals surface area (Å²) in [4.78, 5) is 0. The number of ether oxygens (including phenoxy) is 2. The summed E-state index contributed by atoms with van der Waals surface area (Å²) in [6.07, 6.45) is 4.02. The fraction of sp³-hybridized carbons (Fsp3) is 0.0968. The van der Waals surface area contributed by atoms with Crippen molar-refractivity contribution in [3.8, 4) is 11.5 Å². The van der Waals surface area contributed by atoms with Crippen molar-refractivity contribution in [1.82, 2.24) is 10.9 Å². The third-order valence-corrected chi connectivity index (χ3v) is 7.03. The van der Waals surface area contributed by atoms with Crippen molar-refractivity contribution < 1.29 is 9.47 Å². The summed E-state index contributed by atoms with van der Waals surface area (Å²) in [6, 6.07) is 30.7. The molecule has 0 aliphatic heterocycles. The van der Waals surface area contributed by atoms with Gasteiger partial charge in [0.25, 0.3) is 0 Å². The lowest BCUT2D eigenvalue weighted by atomic mass is 10.2. The number of thiocarbonyl (C=S) groups is 2. The summed E-state index contributed by atoms with van der Waals surface area (Å²) < 4.78 is 14.0. The van der Waals surface area contributed by atoms with E-state index in [1.165, 1.54) is 0 Å². The number of nitrogens with zero attached hydrogens (tertiary/aromatic N) is 2. The van der Waals surface area contributed by atoms with Crippen molar-refractivity contribution in [3.05, 3.63) is 117 Å². The van der Waals surface area contributed by atoms with Crippen LogP contribution in [-0.4, -0.2) is 35.9 Å². The Morgan fingerprint density at radius 1 is 0.605 bits per heavy atom. The zero-order valence-corrected chi connectivity index (χ0v) is 27.6. The predicted molar refractivity (Wildman–Crippen MR) is 191 cm³/mol. The van der Waals surface area contributed by atoms with Gasteiger partial charge in [-0.3, -0.25) is 10.9 Å². The molecule has 220 valence electrons. The first-order chi connectivity index (χ1) is 21.0. The first-order valence-corrected chi connectivity index (χ1v) is 15.5. The van der Waals surface area contributed by atoms with E-state index in [1.807, 2.05) is 97.1 Å². The highest BCUT2D eigenvalue weighted by Crippen LogP contribution is 2.19. The number of anilines is 2. The smallest absolute Gasteiger partial charge is 0.191 e. The van der Waals surface area contributed by atoms with Gasteiger partial charge in [0.2, 0.25) is 0 Å². The lowest BCUT2D eigenvalue weighted by molar-refractivity contribution is 0.247. The minimum atomic E-state index is 0.385. The zero-order chi connectivity index (χ0) is 30.3. The average Bonchev–Trinajstić information content (AvgIpc) is 3.01. The van der Waals surface area contributed by atoms with Crippen molar-refractivity contribution in [2.75, 3.05) is 23.8 Å². The second-order valence-corrected chi connectivity index (χ2v) is 11.4. The van der Waals surface area contributed by atoms with Gasteiger partial charge in [-0.15, -0.1) is 0 Å². The van der Waals surface area contributed by atoms with Crippen LogP contribution in [-0.2, 0) is 0 Å². The summed E-state index contributed by atoms with van der Waals surface area (Å²) in [5.41, 5.74) is 9.03. The SMILES string of the molecule is S=C(NN=Cc1ccccc1OCCCOc1ccccc1C=NNC(=S)Nc1ccc(Br)cc1)Nc1ccc(Br)cc1. The predicted octanol–water partition coefficient (Wildman–Crippen LogP) is 7.70. The number of hydrogen-bond acceptors (Lipinski definition) is 6. The average molecular weight is 741 g/mol. The third kappa shape index (κ3) is 11.4. The molecule has 0 spiro atoms. The number of para-hydroxylation sites is 2. The maximum atomic E-state index is 6.00. The molecule has 4 rings (SSSR count).